The Morgan fingerprint density at radius 2 is 2.09 bits per heavy atom. The highest BCUT2D eigenvalue weighted by Crippen LogP contribution is 2.40. The Hall–Kier alpha value is -3.60. The average Bonchev–Trinajstić information content (AvgIpc) is 3.19. The summed E-state index contributed by atoms with van der Waals surface area (Å²) in [4.78, 5) is 27.9. The number of rotatable bonds is 6. The minimum atomic E-state index is -0.880. The summed E-state index contributed by atoms with van der Waals surface area (Å²) in [5.74, 6) is 1.31. The first-order valence-electron chi connectivity index (χ1n) is 11.6. The summed E-state index contributed by atoms with van der Waals surface area (Å²) >= 11 is 0. The maximum absolute atomic E-state index is 13.1. The van der Waals surface area contributed by atoms with Crippen LogP contribution in [0, 0.1) is 5.95 Å². The number of nitrogens with zero attached hydrogens (tertiary/aromatic N) is 5. The Morgan fingerprint density at radius 3 is 2.88 bits per heavy atom. The summed E-state index contributed by atoms with van der Waals surface area (Å²) in [6.07, 6.45) is 5.84. The summed E-state index contributed by atoms with van der Waals surface area (Å²) in [6, 6.07) is 3.75. The van der Waals surface area contributed by atoms with E-state index in [1.54, 1.807) is 4.90 Å². The number of aromatic nitrogens is 5. The standard InChI is InChI=1S/C23H25FN8O2/c24-18-7-6-13(11-25-18)26-22(34)20-17(33)8-9-32(20)23-27-15-3-1-2-14(15)21(29-23)28-19-10-16(30-31-19)12-4-5-12/h6-7,10-12,17,20,33H,1-5,8-9H2,(H,26,34)(H2,27,28,29,30,31)/t17-,20+/m1/s1. The third-order valence-electron chi connectivity index (χ3n) is 6.67. The monoisotopic (exact) mass is 464 g/mol. The van der Waals surface area contributed by atoms with E-state index in [-0.39, 0.29) is 0 Å². The van der Waals surface area contributed by atoms with Crippen molar-refractivity contribution >= 4 is 29.2 Å². The molecule has 10 nitrogen and oxygen atoms in total. The molecule has 3 aromatic heterocycles. The quantitative estimate of drug-likeness (QED) is 0.409. The maximum atomic E-state index is 13.1. The van der Waals surface area contributed by atoms with E-state index in [2.05, 4.69) is 25.8 Å². The number of aliphatic hydroxyl groups excluding tert-OH is 1. The van der Waals surface area contributed by atoms with Crippen LogP contribution < -0.4 is 15.5 Å². The fourth-order valence-corrected chi connectivity index (χ4v) is 4.76. The summed E-state index contributed by atoms with van der Waals surface area (Å²) in [5.41, 5.74) is 3.50. The molecule has 176 valence electrons. The van der Waals surface area contributed by atoms with Crippen LogP contribution in [0.15, 0.2) is 24.4 Å². The Kier molecular flexibility index (Phi) is 5.13. The number of hydrogen-bond donors (Lipinski definition) is 4. The zero-order valence-corrected chi connectivity index (χ0v) is 18.5. The van der Waals surface area contributed by atoms with Crippen LogP contribution >= 0.6 is 0 Å². The molecule has 2 atom stereocenters. The minimum absolute atomic E-state index is 0.354. The minimum Gasteiger partial charge on any atom is -0.390 e. The fourth-order valence-electron chi connectivity index (χ4n) is 4.76. The van der Waals surface area contributed by atoms with E-state index in [9.17, 15) is 14.3 Å². The number of aliphatic hydroxyl groups is 1. The first-order chi connectivity index (χ1) is 16.5. The number of amides is 1. The molecule has 0 radical (unpaired) electrons. The van der Waals surface area contributed by atoms with E-state index in [1.807, 2.05) is 6.07 Å². The van der Waals surface area contributed by atoms with Crippen molar-refractivity contribution < 1.29 is 14.3 Å². The molecule has 34 heavy (non-hydrogen) atoms. The van der Waals surface area contributed by atoms with Crippen LogP contribution in [0.4, 0.5) is 27.7 Å². The van der Waals surface area contributed by atoms with Crippen molar-refractivity contribution in [3.63, 3.8) is 0 Å². The van der Waals surface area contributed by atoms with Gasteiger partial charge in [0.25, 0.3) is 0 Å². The lowest BCUT2D eigenvalue weighted by Crippen LogP contribution is -2.46. The smallest absolute Gasteiger partial charge is 0.249 e. The van der Waals surface area contributed by atoms with Crippen LogP contribution in [-0.4, -0.2) is 54.9 Å². The predicted molar refractivity (Wildman–Crippen MR) is 122 cm³/mol. The molecule has 2 fully saturated rings. The van der Waals surface area contributed by atoms with Crippen molar-refractivity contribution in [3.8, 4) is 0 Å². The molecule has 1 amide bonds. The van der Waals surface area contributed by atoms with E-state index >= 15 is 0 Å². The van der Waals surface area contributed by atoms with Crippen LogP contribution in [-0.2, 0) is 17.6 Å². The highest BCUT2D eigenvalue weighted by Gasteiger charge is 2.40. The lowest BCUT2D eigenvalue weighted by atomic mass is 10.1. The molecule has 3 aromatic rings. The number of aromatic amines is 1. The van der Waals surface area contributed by atoms with Crippen LogP contribution in [0.3, 0.4) is 0 Å². The largest absolute Gasteiger partial charge is 0.390 e. The van der Waals surface area contributed by atoms with Gasteiger partial charge in [0.2, 0.25) is 17.8 Å². The Labute approximate surface area is 195 Å². The number of carbonyl (C=O) groups excluding carboxylic acids is 1. The molecule has 2 aliphatic carbocycles. The van der Waals surface area contributed by atoms with Gasteiger partial charge in [0.05, 0.1) is 23.7 Å². The van der Waals surface area contributed by atoms with Gasteiger partial charge in [-0.25, -0.2) is 9.97 Å². The summed E-state index contributed by atoms with van der Waals surface area (Å²) < 4.78 is 13.1. The SMILES string of the molecule is O=C(Nc1ccc(F)nc1)[C@@H]1[C@H](O)CCN1c1nc2c(c(Nc3cc(C4CC4)[nH]n3)n1)CCC2. The van der Waals surface area contributed by atoms with Gasteiger partial charge in [-0.3, -0.25) is 9.89 Å². The summed E-state index contributed by atoms with van der Waals surface area (Å²) in [5, 5.41) is 24.2. The molecule has 0 spiro atoms. The van der Waals surface area contributed by atoms with Crippen LogP contribution in [0.5, 0.6) is 0 Å². The fraction of sp³-hybridized carbons (Fsp3) is 0.435. The molecule has 1 aliphatic heterocycles. The van der Waals surface area contributed by atoms with Crippen molar-refractivity contribution in [3.05, 3.63) is 47.3 Å². The molecule has 0 bridgehead atoms. The van der Waals surface area contributed by atoms with Gasteiger partial charge in [0.1, 0.15) is 11.9 Å². The molecule has 4 heterocycles. The number of pyridine rings is 1. The molecule has 0 aromatic carbocycles. The second-order valence-electron chi connectivity index (χ2n) is 9.11. The molecular formula is C23H25FN8O2. The van der Waals surface area contributed by atoms with Gasteiger partial charge in [0.15, 0.2) is 5.82 Å². The molecular weight excluding hydrogens is 439 g/mol. The van der Waals surface area contributed by atoms with Crippen molar-refractivity contribution in [2.75, 3.05) is 22.1 Å². The third kappa shape index (κ3) is 3.96. The van der Waals surface area contributed by atoms with Crippen LogP contribution in [0.25, 0.3) is 0 Å². The number of nitrogens with one attached hydrogen (secondary N) is 3. The van der Waals surface area contributed by atoms with E-state index in [0.29, 0.717) is 42.2 Å². The number of fused-ring (bicyclic) bond motifs is 1. The number of halogens is 1. The van der Waals surface area contributed by atoms with Gasteiger partial charge in [-0.15, -0.1) is 0 Å². The van der Waals surface area contributed by atoms with Crippen LogP contribution in [0.2, 0.25) is 0 Å². The average molecular weight is 465 g/mol. The molecule has 1 saturated carbocycles. The van der Waals surface area contributed by atoms with E-state index in [0.717, 1.165) is 36.2 Å². The van der Waals surface area contributed by atoms with Gasteiger partial charge >= 0.3 is 0 Å². The molecule has 6 rings (SSSR count). The van der Waals surface area contributed by atoms with Crippen molar-refractivity contribution in [1.82, 2.24) is 25.1 Å². The topological polar surface area (TPSA) is 132 Å². The Bertz CT molecular complexity index is 1230. The third-order valence-corrected chi connectivity index (χ3v) is 6.67. The highest BCUT2D eigenvalue weighted by atomic mass is 19.1. The van der Waals surface area contributed by atoms with Crippen LogP contribution in [0.1, 0.15) is 48.6 Å². The van der Waals surface area contributed by atoms with Crippen molar-refractivity contribution in [2.24, 2.45) is 0 Å². The van der Waals surface area contributed by atoms with Crippen molar-refractivity contribution in [2.45, 2.75) is 56.6 Å². The van der Waals surface area contributed by atoms with E-state index < -0.39 is 24.0 Å². The number of carbonyl (C=O) groups is 1. The van der Waals surface area contributed by atoms with Gasteiger partial charge < -0.3 is 20.6 Å². The van der Waals surface area contributed by atoms with Gasteiger partial charge in [0, 0.05) is 29.8 Å². The molecule has 3 aliphatic rings. The highest BCUT2D eigenvalue weighted by molar-refractivity contribution is 5.97. The molecule has 11 heteroatoms. The Balaban J connectivity index is 1.28. The Morgan fingerprint density at radius 1 is 1.21 bits per heavy atom. The lowest BCUT2D eigenvalue weighted by Gasteiger charge is -2.26. The number of hydrogen-bond acceptors (Lipinski definition) is 8. The molecule has 0 unspecified atom stereocenters. The summed E-state index contributed by atoms with van der Waals surface area (Å²) in [7, 11) is 0. The normalized spacial score (nSPS) is 21.5. The van der Waals surface area contributed by atoms with E-state index in [1.165, 1.54) is 31.2 Å². The second-order valence-corrected chi connectivity index (χ2v) is 9.11. The van der Waals surface area contributed by atoms with Crippen molar-refractivity contribution in [1.29, 1.82) is 0 Å². The number of H-pyrrole nitrogens is 1. The van der Waals surface area contributed by atoms with E-state index in [4.69, 9.17) is 9.97 Å². The molecule has 4 N–H and O–H groups in total. The number of aryl methyl sites for hydroxylation is 1. The van der Waals surface area contributed by atoms with Gasteiger partial charge in [-0.05, 0) is 50.7 Å². The van der Waals surface area contributed by atoms with Gasteiger partial charge in [-0.1, -0.05) is 0 Å². The zero-order valence-electron chi connectivity index (χ0n) is 18.5. The maximum Gasteiger partial charge on any atom is 0.249 e. The second kappa shape index (κ2) is 8.32. The zero-order chi connectivity index (χ0) is 23.2. The lowest BCUT2D eigenvalue weighted by molar-refractivity contribution is -0.119. The predicted octanol–water partition coefficient (Wildman–Crippen LogP) is 2.42. The first-order valence-corrected chi connectivity index (χ1v) is 11.6. The first kappa shape index (κ1) is 21.0. The van der Waals surface area contributed by atoms with Gasteiger partial charge in [-0.2, -0.15) is 14.5 Å². The summed E-state index contributed by atoms with van der Waals surface area (Å²) in [6.45, 7) is 0.438. The number of anilines is 4. The molecule has 1 saturated heterocycles.